The molecule has 0 saturated carbocycles. The molecule has 1 aromatic rings. The Bertz CT molecular complexity index is 329. The van der Waals surface area contributed by atoms with Gasteiger partial charge in [-0.3, -0.25) is 0 Å². The molecule has 0 amide bonds. The smallest absolute Gasteiger partial charge is 0.261 e. The van der Waals surface area contributed by atoms with Crippen molar-refractivity contribution in [2.75, 3.05) is 0 Å². The Kier molecular flexibility index (Phi) is 4.07. The molecule has 0 spiro atoms. The van der Waals surface area contributed by atoms with Gasteiger partial charge in [0.1, 0.15) is 0 Å². The van der Waals surface area contributed by atoms with E-state index in [0.29, 0.717) is 5.02 Å². The largest absolute Gasteiger partial charge is 0.433 e. The van der Waals surface area contributed by atoms with Crippen LogP contribution in [0.3, 0.4) is 0 Å². The van der Waals surface area contributed by atoms with E-state index < -0.39 is 0 Å². The molecule has 1 aromatic carbocycles. The van der Waals surface area contributed by atoms with E-state index in [9.17, 15) is 0 Å². The van der Waals surface area contributed by atoms with Gasteiger partial charge in [0.05, 0.1) is 10.0 Å². The average molecular weight is 276 g/mol. The van der Waals surface area contributed by atoms with Gasteiger partial charge in [-0.05, 0) is 36.0 Å². The Labute approximate surface area is 100 Å². The van der Waals surface area contributed by atoms with Crippen molar-refractivity contribution in [2.45, 2.75) is 0 Å². The number of thiocarbonyl (C=S) groups is 1. The summed E-state index contributed by atoms with van der Waals surface area (Å²) in [6.07, 6.45) is 0. The molecule has 0 heterocycles. The van der Waals surface area contributed by atoms with Crippen molar-refractivity contribution in [3.63, 3.8) is 0 Å². The predicted octanol–water partition coefficient (Wildman–Crippen LogP) is 4.55. The van der Waals surface area contributed by atoms with Crippen LogP contribution in [0.2, 0.25) is 15.1 Å². The number of benzene rings is 1. The minimum Gasteiger partial charge on any atom is -0.433 e. The van der Waals surface area contributed by atoms with Crippen molar-refractivity contribution < 1.29 is 4.74 Å². The summed E-state index contributed by atoms with van der Waals surface area (Å²) in [6.45, 7) is 0. The molecule has 1 rings (SSSR count). The Morgan fingerprint density at radius 3 is 2.00 bits per heavy atom. The van der Waals surface area contributed by atoms with Gasteiger partial charge in [0.2, 0.25) is 0 Å². The van der Waals surface area contributed by atoms with E-state index in [1.165, 1.54) is 12.1 Å². The highest BCUT2D eigenvalue weighted by Crippen LogP contribution is 2.36. The van der Waals surface area contributed by atoms with E-state index in [1.54, 1.807) is 0 Å². The van der Waals surface area contributed by atoms with E-state index in [0.717, 1.165) is 0 Å². The highest BCUT2D eigenvalue weighted by Gasteiger charge is 2.10. The standard InChI is InChI=1S/C7H2Cl4OS/c8-3-1-4(9)6(5(10)2-3)12-7(11)13/h1-2H. The SMILES string of the molecule is S=C(Cl)Oc1c(Cl)cc(Cl)cc1Cl. The van der Waals surface area contributed by atoms with Gasteiger partial charge >= 0.3 is 0 Å². The lowest BCUT2D eigenvalue weighted by Gasteiger charge is -2.06. The summed E-state index contributed by atoms with van der Waals surface area (Å²) in [4.78, 5) is 0. The van der Waals surface area contributed by atoms with Crippen LogP contribution < -0.4 is 4.74 Å². The lowest BCUT2D eigenvalue weighted by Crippen LogP contribution is -1.97. The molecule has 0 bridgehead atoms. The fourth-order valence-electron chi connectivity index (χ4n) is 0.707. The summed E-state index contributed by atoms with van der Waals surface area (Å²) in [6, 6.07) is 2.97. The molecule has 0 unspecified atom stereocenters. The second-order valence-corrected chi connectivity index (χ2v) is 4.23. The van der Waals surface area contributed by atoms with Crippen LogP contribution in [0.1, 0.15) is 0 Å². The minimum absolute atomic E-state index is 0.175. The van der Waals surface area contributed by atoms with Gasteiger partial charge in [-0.2, -0.15) is 0 Å². The molecule has 0 saturated heterocycles. The average Bonchev–Trinajstić information content (AvgIpc) is 1.96. The van der Waals surface area contributed by atoms with Gasteiger partial charge in [-0.1, -0.05) is 34.8 Å². The molecule has 0 radical (unpaired) electrons. The fraction of sp³-hybridized carbons (Fsp3) is 0. The van der Waals surface area contributed by atoms with Crippen molar-refractivity contribution in [1.82, 2.24) is 0 Å². The van der Waals surface area contributed by atoms with Crippen LogP contribution in [0, 0.1) is 0 Å². The molecule has 0 aliphatic rings. The molecule has 0 aromatic heterocycles. The van der Waals surface area contributed by atoms with Crippen LogP contribution in [-0.2, 0) is 0 Å². The molecule has 1 nitrogen and oxygen atoms in total. The number of halogens is 4. The molecule has 13 heavy (non-hydrogen) atoms. The molecule has 0 aliphatic carbocycles. The van der Waals surface area contributed by atoms with E-state index in [-0.39, 0.29) is 20.3 Å². The summed E-state index contributed by atoms with van der Waals surface area (Å²) < 4.78 is 4.73. The molecule has 70 valence electrons. The van der Waals surface area contributed by atoms with Gasteiger partial charge < -0.3 is 4.74 Å². The fourth-order valence-corrected chi connectivity index (χ4v) is 1.76. The van der Waals surface area contributed by atoms with Crippen LogP contribution in [0.25, 0.3) is 0 Å². The monoisotopic (exact) mass is 274 g/mol. The van der Waals surface area contributed by atoms with E-state index in [1.807, 2.05) is 0 Å². The van der Waals surface area contributed by atoms with Crippen molar-refractivity contribution in [3.05, 3.63) is 27.2 Å². The Hall–Kier alpha value is 0.270. The quantitative estimate of drug-likeness (QED) is 0.549. The predicted molar refractivity (Wildman–Crippen MR) is 60.6 cm³/mol. The number of rotatable bonds is 1. The number of hydrogen-bond acceptors (Lipinski definition) is 2. The lowest BCUT2D eigenvalue weighted by molar-refractivity contribution is 0.578. The van der Waals surface area contributed by atoms with Crippen molar-refractivity contribution in [2.24, 2.45) is 0 Å². The van der Waals surface area contributed by atoms with Crippen LogP contribution >= 0.6 is 58.6 Å². The number of ether oxygens (including phenoxy) is 1. The molecule has 6 heteroatoms. The minimum atomic E-state index is -0.175. The Morgan fingerprint density at radius 1 is 1.15 bits per heavy atom. The second-order valence-electron chi connectivity index (χ2n) is 2.04. The summed E-state index contributed by atoms with van der Waals surface area (Å²) >= 11 is 27.1. The van der Waals surface area contributed by atoms with Crippen molar-refractivity contribution in [1.29, 1.82) is 0 Å². The van der Waals surface area contributed by atoms with E-state index >= 15 is 0 Å². The first-order valence-electron chi connectivity index (χ1n) is 3.02. The zero-order chi connectivity index (χ0) is 10.0. The summed E-state index contributed by atoms with van der Waals surface area (Å²) in [5.74, 6) is 0.215. The first kappa shape index (κ1) is 11.3. The molecule has 0 atom stereocenters. The van der Waals surface area contributed by atoms with Gasteiger partial charge in [0.25, 0.3) is 4.51 Å². The van der Waals surface area contributed by atoms with Gasteiger partial charge in [0, 0.05) is 5.02 Å². The lowest BCUT2D eigenvalue weighted by atomic mass is 10.3. The third-order valence-corrected chi connectivity index (χ3v) is 2.09. The summed E-state index contributed by atoms with van der Waals surface area (Å²) in [5.41, 5.74) is 0. The first-order valence-corrected chi connectivity index (χ1v) is 4.94. The van der Waals surface area contributed by atoms with Crippen LogP contribution in [0.15, 0.2) is 12.1 Å². The molecule has 0 aliphatic heterocycles. The molecule has 0 N–H and O–H groups in total. The van der Waals surface area contributed by atoms with E-state index in [2.05, 4.69) is 12.2 Å². The third-order valence-electron chi connectivity index (χ3n) is 1.15. The van der Waals surface area contributed by atoms with Gasteiger partial charge in [0.15, 0.2) is 5.75 Å². The zero-order valence-corrected chi connectivity index (χ0v) is 9.82. The first-order chi connectivity index (χ1) is 6.00. The topological polar surface area (TPSA) is 9.23 Å². The van der Waals surface area contributed by atoms with Crippen molar-refractivity contribution in [3.8, 4) is 5.75 Å². The van der Waals surface area contributed by atoms with Crippen molar-refractivity contribution >= 4 is 63.1 Å². The van der Waals surface area contributed by atoms with Crippen LogP contribution in [-0.4, -0.2) is 4.51 Å². The molecular formula is C7H2Cl4OS. The highest BCUT2D eigenvalue weighted by molar-refractivity contribution is 7.82. The van der Waals surface area contributed by atoms with E-state index in [4.69, 9.17) is 51.1 Å². The maximum absolute atomic E-state index is 5.77. The second kappa shape index (κ2) is 4.67. The normalized spacial score (nSPS) is 9.85. The maximum atomic E-state index is 5.77. The van der Waals surface area contributed by atoms with Crippen LogP contribution in [0.4, 0.5) is 0 Å². The third kappa shape index (κ3) is 3.15. The summed E-state index contributed by atoms with van der Waals surface area (Å²) in [5, 5.41) is 0.948. The molecule has 0 fully saturated rings. The summed E-state index contributed by atoms with van der Waals surface area (Å²) in [7, 11) is 0. The molecular weight excluding hydrogens is 274 g/mol. The van der Waals surface area contributed by atoms with Crippen LogP contribution in [0.5, 0.6) is 5.75 Å². The zero-order valence-electron chi connectivity index (χ0n) is 5.98. The van der Waals surface area contributed by atoms with Gasteiger partial charge in [-0.15, -0.1) is 0 Å². The maximum Gasteiger partial charge on any atom is 0.261 e. The Morgan fingerprint density at radius 2 is 1.62 bits per heavy atom. The highest BCUT2D eigenvalue weighted by atomic mass is 35.5. The number of hydrogen-bond donors (Lipinski definition) is 0. The Balaban J connectivity index is 3.13. The van der Waals surface area contributed by atoms with Gasteiger partial charge in [-0.25, -0.2) is 0 Å².